The second-order valence-electron chi connectivity index (χ2n) is 7.58. The van der Waals surface area contributed by atoms with Gasteiger partial charge in [0.25, 0.3) is 0 Å². The van der Waals surface area contributed by atoms with Crippen molar-refractivity contribution in [3.05, 3.63) is 0 Å². The molecule has 0 aromatic heterocycles. The fourth-order valence-corrected chi connectivity index (χ4v) is 5.10. The molecular formula is C18H34N2. The molecule has 0 amide bonds. The van der Waals surface area contributed by atoms with E-state index in [1.165, 1.54) is 70.8 Å². The van der Waals surface area contributed by atoms with Gasteiger partial charge in [-0.3, -0.25) is 4.90 Å². The number of piperidine rings is 1. The highest BCUT2D eigenvalue weighted by Crippen LogP contribution is 2.35. The Morgan fingerprint density at radius 1 is 0.850 bits per heavy atom. The minimum atomic E-state index is 0.838. The molecule has 2 saturated heterocycles. The fourth-order valence-electron chi connectivity index (χ4n) is 5.10. The zero-order valence-electron chi connectivity index (χ0n) is 13.6. The maximum Gasteiger partial charge on any atom is 0.0128 e. The maximum atomic E-state index is 3.81. The van der Waals surface area contributed by atoms with Gasteiger partial charge < -0.3 is 5.32 Å². The summed E-state index contributed by atoms with van der Waals surface area (Å²) in [6.07, 6.45) is 14.3. The van der Waals surface area contributed by atoms with E-state index in [1.54, 1.807) is 0 Å². The Balaban J connectivity index is 1.60. The summed E-state index contributed by atoms with van der Waals surface area (Å²) in [5.41, 5.74) is 0. The van der Waals surface area contributed by atoms with Crippen molar-refractivity contribution in [3.8, 4) is 0 Å². The van der Waals surface area contributed by atoms with Crippen LogP contribution in [0, 0.1) is 5.92 Å². The minimum Gasteiger partial charge on any atom is -0.311 e. The third-order valence-corrected chi connectivity index (χ3v) is 6.26. The first-order chi connectivity index (χ1) is 9.80. The summed E-state index contributed by atoms with van der Waals surface area (Å²) in [5, 5.41) is 3.81. The number of rotatable bonds is 5. The lowest BCUT2D eigenvalue weighted by Gasteiger charge is -2.44. The summed E-state index contributed by atoms with van der Waals surface area (Å²) in [6, 6.07) is 3.47. The summed E-state index contributed by atoms with van der Waals surface area (Å²) in [7, 11) is 0. The Bertz CT molecular complexity index is 284. The van der Waals surface area contributed by atoms with Crippen molar-refractivity contribution in [2.75, 3.05) is 6.54 Å². The van der Waals surface area contributed by atoms with Gasteiger partial charge in [-0.1, -0.05) is 20.3 Å². The van der Waals surface area contributed by atoms with Crippen LogP contribution in [0.4, 0.5) is 0 Å². The molecule has 20 heavy (non-hydrogen) atoms. The molecule has 0 aromatic rings. The van der Waals surface area contributed by atoms with Gasteiger partial charge in [-0.05, 0) is 70.3 Å². The van der Waals surface area contributed by atoms with E-state index >= 15 is 0 Å². The zero-order valence-corrected chi connectivity index (χ0v) is 13.6. The quantitative estimate of drug-likeness (QED) is 0.819. The van der Waals surface area contributed by atoms with Crippen LogP contribution in [0.1, 0.15) is 78.1 Å². The highest BCUT2D eigenvalue weighted by atomic mass is 15.2. The largest absolute Gasteiger partial charge is 0.311 e. The van der Waals surface area contributed by atoms with Crippen LogP contribution in [0.25, 0.3) is 0 Å². The van der Waals surface area contributed by atoms with Gasteiger partial charge in [-0.25, -0.2) is 0 Å². The molecule has 2 heteroatoms. The van der Waals surface area contributed by atoms with Crippen LogP contribution in [0.3, 0.4) is 0 Å². The van der Waals surface area contributed by atoms with E-state index in [0.717, 1.165) is 30.1 Å². The second kappa shape index (κ2) is 6.79. The Morgan fingerprint density at radius 3 is 2.05 bits per heavy atom. The highest BCUT2D eigenvalue weighted by molar-refractivity contribution is 4.97. The van der Waals surface area contributed by atoms with Crippen LogP contribution < -0.4 is 5.32 Å². The Morgan fingerprint density at radius 2 is 1.50 bits per heavy atom. The highest BCUT2D eigenvalue weighted by Gasteiger charge is 2.38. The van der Waals surface area contributed by atoms with E-state index in [2.05, 4.69) is 24.1 Å². The molecule has 0 aromatic carbocycles. The lowest BCUT2D eigenvalue weighted by molar-refractivity contribution is 0.0631. The molecule has 1 saturated carbocycles. The average Bonchev–Trinajstić information content (AvgIpc) is 2.83. The number of hydrogen-bond acceptors (Lipinski definition) is 2. The fraction of sp³-hybridized carbons (Fsp3) is 1.00. The van der Waals surface area contributed by atoms with Gasteiger partial charge in [-0.2, -0.15) is 0 Å². The number of nitrogens with one attached hydrogen (secondary N) is 1. The van der Waals surface area contributed by atoms with Crippen LogP contribution in [-0.4, -0.2) is 35.6 Å². The summed E-state index contributed by atoms with van der Waals surface area (Å²) in [6.45, 7) is 6.07. The van der Waals surface area contributed by atoms with Gasteiger partial charge in [0.2, 0.25) is 0 Å². The Hall–Kier alpha value is -0.0800. The molecule has 2 unspecified atom stereocenters. The van der Waals surface area contributed by atoms with Crippen molar-refractivity contribution in [1.29, 1.82) is 0 Å². The van der Waals surface area contributed by atoms with Gasteiger partial charge in [0.1, 0.15) is 0 Å². The summed E-state index contributed by atoms with van der Waals surface area (Å²) < 4.78 is 0. The van der Waals surface area contributed by atoms with E-state index in [0.29, 0.717) is 0 Å². The topological polar surface area (TPSA) is 15.3 Å². The molecule has 116 valence electrons. The molecule has 3 rings (SSSR count). The van der Waals surface area contributed by atoms with Gasteiger partial charge in [0.05, 0.1) is 0 Å². The molecule has 0 spiro atoms. The molecule has 1 aliphatic carbocycles. The standard InChI is InChI=1S/C18H34N2/c1-3-11-20(17-9-5-14(4-2)6-10-17)18-12-15-7-8-16(13-18)19-15/h14-19H,3-13H2,1-2H3. The first kappa shape index (κ1) is 14.8. The van der Waals surface area contributed by atoms with Gasteiger partial charge in [0, 0.05) is 24.2 Å². The molecule has 3 aliphatic rings. The summed E-state index contributed by atoms with van der Waals surface area (Å²) in [4.78, 5) is 2.94. The van der Waals surface area contributed by atoms with Crippen LogP contribution in [0.5, 0.6) is 0 Å². The first-order valence-electron chi connectivity index (χ1n) is 9.31. The number of hydrogen-bond donors (Lipinski definition) is 1. The minimum absolute atomic E-state index is 0.838. The lowest BCUT2D eigenvalue weighted by Crippen LogP contribution is -2.52. The van der Waals surface area contributed by atoms with E-state index < -0.39 is 0 Å². The summed E-state index contributed by atoms with van der Waals surface area (Å²) >= 11 is 0. The van der Waals surface area contributed by atoms with Crippen LogP contribution in [-0.2, 0) is 0 Å². The van der Waals surface area contributed by atoms with Crippen molar-refractivity contribution in [1.82, 2.24) is 10.2 Å². The Labute approximate surface area is 125 Å². The monoisotopic (exact) mass is 278 g/mol. The molecule has 2 nitrogen and oxygen atoms in total. The van der Waals surface area contributed by atoms with Crippen molar-refractivity contribution >= 4 is 0 Å². The van der Waals surface area contributed by atoms with Gasteiger partial charge in [0.15, 0.2) is 0 Å². The van der Waals surface area contributed by atoms with Gasteiger partial charge >= 0.3 is 0 Å². The molecular weight excluding hydrogens is 244 g/mol. The van der Waals surface area contributed by atoms with Crippen molar-refractivity contribution < 1.29 is 0 Å². The van der Waals surface area contributed by atoms with Gasteiger partial charge in [-0.15, -0.1) is 0 Å². The number of nitrogens with zero attached hydrogens (tertiary/aromatic N) is 1. The van der Waals surface area contributed by atoms with Crippen LogP contribution in [0.15, 0.2) is 0 Å². The molecule has 2 aliphatic heterocycles. The number of fused-ring (bicyclic) bond motifs is 2. The molecule has 3 fully saturated rings. The van der Waals surface area contributed by atoms with Crippen molar-refractivity contribution in [2.45, 2.75) is 102 Å². The predicted molar refractivity (Wildman–Crippen MR) is 86.0 cm³/mol. The lowest BCUT2D eigenvalue weighted by atomic mass is 9.82. The van der Waals surface area contributed by atoms with Crippen molar-refractivity contribution in [2.24, 2.45) is 5.92 Å². The van der Waals surface area contributed by atoms with E-state index in [1.807, 2.05) is 0 Å². The van der Waals surface area contributed by atoms with Crippen molar-refractivity contribution in [3.63, 3.8) is 0 Å². The van der Waals surface area contributed by atoms with Crippen LogP contribution in [0.2, 0.25) is 0 Å². The summed E-state index contributed by atoms with van der Waals surface area (Å²) in [5.74, 6) is 1.03. The molecule has 1 N–H and O–H groups in total. The predicted octanol–water partition coefficient (Wildman–Crippen LogP) is 3.95. The van der Waals surface area contributed by atoms with E-state index in [-0.39, 0.29) is 0 Å². The SMILES string of the molecule is CCCN(C1CCC(CC)CC1)C1CC2CCC(C1)N2. The maximum absolute atomic E-state index is 3.81. The smallest absolute Gasteiger partial charge is 0.0128 e. The molecule has 0 radical (unpaired) electrons. The zero-order chi connectivity index (χ0) is 13.9. The molecule has 2 bridgehead atoms. The molecule has 2 heterocycles. The van der Waals surface area contributed by atoms with E-state index in [9.17, 15) is 0 Å². The second-order valence-corrected chi connectivity index (χ2v) is 7.58. The molecule has 2 atom stereocenters. The Kier molecular flexibility index (Phi) is 5.04. The van der Waals surface area contributed by atoms with Crippen LogP contribution >= 0.6 is 0 Å². The normalized spacial score (nSPS) is 41.2. The van der Waals surface area contributed by atoms with E-state index in [4.69, 9.17) is 0 Å². The third kappa shape index (κ3) is 3.22. The average molecular weight is 278 g/mol. The third-order valence-electron chi connectivity index (χ3n) is 6.26. The first-order valence-corrected chi connectivity index (χ1v) is 9.31.